The molecule has 0 saturated carbocycles. The van der Waals surface area contributed by atoms with E-state index in [1.807, 2.05) is 12.1 Å². The predicted octanol–water partition coefficient (Wildman–Crippen LogP) is 5.10. The summed E-state index contributed by atoms with van der Waals surface area (Å²) in [5.74, 6) is -0.221. The van der Waals surface area contributed by atoms with Gasteiger partial charge in [0.1, 0.15) is 5.82 Å². The van der Waals surface area contributed by atoms with Gasteiger partial charge in [-0.05, 0) is 38.7 Å². The Hall–Kier alpha value is -0.710. The Balaban J connectivity index is 2.00. The van der Waals surface area contributed by atoms with E-state index < -0.39 is 0 Å². The molecule has 0 bridgehead atoms. The molecule has 1 aliphatic heterocycles. The lowest BCUT2D eigenvalue weighted by Gasteiger charge is -2.13. The molecule has 0 aromatic heterocycles. The van der Waals surface area contributed by atoms with Gasteiger partial charge in [0, 0.05) is 5.56 Å². The molecule has 2 aromatic rings. The van der Waals surface area contributed by atoms with E-state index in [2.05, 4.69) is 44.0 Å². The largest absolute Gasteiger partial charge is 0.372 e. The van der Waals surface area contributed by atoms with Gasteiger partial charge >= 0.3 is 0 Å². The zero-order valence-electron chi connectivity index (χ0n) is 10.00. The molecule has 19 heavy (non-hydrogen) atoms. The van der Waals surface area contributed by atoms with Crippen LogP contribution in [0.4, 0.5) is 4.39 Å². The maximum absolute atomic E-state index is 14.1. The minimum Gasteiger partial charge on any atom is -0.372 e. The zero-order chi connectivity index (χ0) is 13.4. The molecule has 0 spiro atoms. The number of rotatable bonds is 2. The van der Waals surface area contributed by atoms with Gasteiger partial charge in [-0.15, -0.1) is 0 Å². The number of hydrogen-bond acceptors (Lipinski definition) is 1. The molecule has 1 heterocycles. The van der Waals surface area contributed by atoms with Crippen LogP contribution in [0.1, 0.15) is 27.1 Å². The predicted molar refractivity (Wildman–Crippen MR) is 79.8 cm³/mol. The van der Waals surface area contributed by atoms with Crippen molar-refractivity contribution in [3.63, 3.8) is 0 Å². The van der Waals surface area contributed by atoms with E-state index in [0.717, 1.165) is 5.56 Å². The minimum atomic E-state index is -0.221. The van der Waals surface area contributed by atoms with Crippen LogP contribution < -0.4 is 0 Å². The van der Waals surface area contributed by atoms with Crippen LogP contribution in [0.3, 0.4) is 0 Å². The summed E-state index contributed by atoms with van der Waals surface area (Å²) >= 11 is 6.81. The van der Waals surface area contributed by atoms with Gasteiger partial charge in [0.05, 0.1) is 22.5 Å². The van der Waals surface area contributed by atoms with Crippen LogP contribution in [0.2, 0.25) is 0 Å². The van der Waals surface area contributed by atoms with Crippen molar-refractivity contribution in [3.05, 3.63) is 68.9 Å². The molecule has 1 nitrogen and oxygen atoms in total. The summed E-state index contributed by atoms with van der Waals surface area (Å²) in [4.78, 5) is -0.157. The topological polar surface area (TPSA) is 9.23 Å². The van der Waals surface area contributed by atoms with Crippen LogP contribution in [0.15, 0.2) is 40.9 Å². The summed E-state index contributed by atoms with van der Waals surface area (Å²) in [5, 5.41) is 0. The minimum absolute atomic E-state index is 0.157. The summed E-state index contributed by atoms with van der Waals surface area (Å²) in [6.07, 6.45) is 0. The van der Waals surface area contributed by atoms with Crippen LogP contribution in [0, 0.1) is 5.82 Å². The first-order valence-corrected chi connectivity index (χ1v) is 7.65. The Morgan fingerprint density at radius 2 is 1.89 bits per heavy atom. The van der Waals surface area contributed by atoms with Crippen molar-refractivity contribution in [1.82, 2.24) is 0 Å². The van der Waals surface area contributed by atoms with E-state index in [-0.39, 0.29) is 10.6 Å². The Bertz CT molecular complexity index is 628. The second kappa shape index (κ2) is 5.35. The van der Waals surface area contributed by atoms with E-state index >= 15 is 0 Å². The quantitative estimate of drug-likeness (QED) is 0.653. The first-order chi connectivity index (χ1) is 9.16. The van der Waals surface area contributed by atoms with Crippen LogP contribution >= 0.6 is 31.9 Å². The molecule has 1 unspecified atom stereocenters. The fourth-order valence-corrected chi connectivity index (χ4v) is 3.27. The summed E-state index contributed by atoms with van der Waals surface area (Å²) in [6, 6.07) is 11.5. The highest BCUT2D eigenvalue weighted by atomic mass is 79.9. The number of halogens is 3. The standard InChI is InChI=1S/C15H11Br2FO/c16-13-3-1-2-12(15(13)18)14(17)9-4-5-10-7-19-8-11(10)6-9/h1-6,14H,7-8H2. The lowest BCUT2D eigenvalue weighted by molar-refractivity contribution is 0.134. The maximum Gasteiger partial charge on any atom is 0.142 e. The molecule has 3 rings (SSSR count). The SMILES string of the molecule is Fc1c(Br)cccc1C(Br)c1ccc2c(c1)COC2. The highest BCUT2D eigenvalue weighted by molar-refractivity contribution is 9.10. The molecule has 98 valence electrons. The third-order valence-electron chi connectivity index (χ3n) is 3.29. The van der Waals surface area contributed by atoms with Gasteiger partial charge in [-0.3, -0.25) is 0 Å². The van der Waals surface area contributed by atoms with Gasteiger partial charge in [0.15, 0.2) is 0 Å². The van der Waals surface area contributed by atoms with E-state index in [9.17, 15) is 4.39 Å². The van der Waals surface area contributed by atoms with E-state index in [0.29, 0.717) is 23.2 Å². The van der Waals surface area contributed by atoms with Crippen molar-refractivity contribution in [1.29, 1.82) is 0 Å². The van der Waals surface area contributed by atoms with Gasteiger partial charge in [-0.2, -0.15) is 0 Å². The van der Waals surface area contributed by atoms with Gasteiger partial charge in [0.2, 0.25) is 0 Å². The number of hydrogen-bond donors (Lipinski definition) is 0. The highest BCUT2D eigenvalue weighted by Gasteiger charge is 2.19. The van der Waals surface area contributed by atoms with Crippen molar-refractivity contribution in [3.8, 4) is 0 Å². The molecular weight excluding hydrogens is 375 g/mol. The Kier molecular flexibility index (Phi) is 3.74. The van der Waals surface area contributed by atoms with Crippen molar-refractivity contribution in [2.24, 2.45) is 0 Å². The molecule has 1 atom stereocenters. The van der Waals surface area contributed by atoms with Gasteiger partial charge in [-0.1, -0.05) is 46.3 Å². The average molecular weight is 386 g/mol. The van der Waals surface area contributed by atoms with Crippen molar-refractivity contribution in [2.75, 3.05) is 0 Å². The fourth-order valence-electron chi connectivity index (χ4n) is 2.25. The second-order valence-electron chi connectivity index (χ2n) is 4.53. The lowest BCUT2D eigenvalue weighted by atomic mass is 10.00. The third-order valence-corrected chi connectivity index (χ3v) is 4.93. The molecular formula is C15H11Br2FO. The highest BCUT2D eigenvalue weighted by Crippen LogP contribution is 2.36. The first-order valence-electron chi connectivity index (χ1n) is 5.94. The molecule has 0 N–H and O–H groups in total. The fraction of sp³-hybridized carbons (Fsp3) is 0.200. The number of benzene rings is 2. The summed E-state index contributed by atoms with van der Waals surface area (Å²) in [5.41, 5.74) is 4.09. The van der Waals surface area contributed by atoms with E-state index in [1.54, 1.807) is 12.1 Å². The molecule has 1 aliphatic rings. The average Bonchev–Trinajstić information content (AvgIpc) is 2.88. The number of fused-ring (bicyclic) bond motifs is 1. The lowest BCUT2D eigenvalue weighted by Crippen LogP contribution is -1.98. The Morgan fingerprint density at radius 1 is 1.11 bits per heavy atom. The van der Waals surface area contributed by atoms with Crippen molar-refractivity contribution < 1.29 is 9.13 Å². The van der Waals surface area contributed by atoms with Crippen molar-refractivity contribution >= 4 is 31.9 Å². The van der Waals surface area contributed by atoms with E-state index in [1.165, 1.54) is 11.1 Å². The van der Waals surface area contributed by atoms with Gasteiger partial charge in [0.25, 0.3) is 0 Å². The smallest absolute Gasteiger partial charge is 0.142 e. The third kappa shape index (κ3) is 2.49. The second-order valence-corrected chi connectivity index (χ2v) is 6.30. The summed E-state index contributed by atoms with van der Waals surface area (Å²) < 4.78 is 20.0. The van der Waals surface area contributed by atoms with Crippen LogP contribution in [-0.2, 0) is 18.0 Å². The molecule has 2 aromatic carbocycles. The summed E-state index contributed by atoms with van der Waals surface area (Å²) in [7, 11) is 0. The number of alkyl halides is 1. The first kappa shape index (κ1) is 13.3. The van der Waals surface area contributed by atoms with Gasteiger partial charge < -0.3 is 4.74 Å². The molecule has 0 saturated heterocycles. The molecule has 0 radical (unpaired) electrons. The maximum atomic E-state index is 14.1. The molecule has 4 heteroatoms. The van der Waals surface area contributed by atoms with Crippen molar-refractivity contribution in [2.45, 2.75) is 18.0 Å². The zero-order valence-corrected chi connectivity index (χ0v) is 13.2. The number of ether oxygens (including phenoxy) is 1. The normalized spacial score (nSPS) is 15.3. The van der Waals surface area contributed by atoms with Crippen LogP contribution in [-0.4, -0.2) is 0 Å². The van der Waals surface area contributed by atoms with Crippen LogP contribution in [0.5, 0.6) is 0 Å². The summed E-state index contributed by atoms with van der Waals surface area (Å²) in [6.45, 7) is 1.32. The van der Waals surface area contributed by atoms with E-state index in [4.69, 9.17) is 4.74 Å². The molecule has 0 aliphatic carbocycles. The van der Waals surface area contributed by atoms with Crippen LogP contribution in [0.25, 0.3) is 0 Å². The Labute approximate surface area is 128 Å². The Morgan fingerprint density at radius 3 is 2.74 bits per heavy atom. The van der Waals surface area contributed by atoms with Gasteiger partial charge in [-0.25, -0.2) is 4.39 Å². The monoisotopic (exact) mass is 384 g/mol. The molecule has 0 amide bonds. The molecule has 0 fully saturated rings.